The maximum absolute atomic E-state index is 13.4. The first-order valence-corrected chi connectivity index (χ1v) is 9.71. The molecule has 0 aliphatic carbocycles. The number of imide groups is 1. The number of carbonyl (C=O) groups is 3. The third-order valence-corrected chi connectivity index (χ3v) is 5.51. The number of methoxy groups -OCH3 is 1. The number of hydrogen-bond donors (Lipinski definition) is 0. The average Bonchev–Trinajstić information content (AvgIpc) is 3.51. The predicted octanol–water partition coefficient (Wildman–Crippen LogP) is 3.12. The van der Waals surface area contributed by atoms with Crippen LogP contribution < -0.4 is 9.96 Å². The number of amides is 2. The van der Waals surface area contributed by atoms with E-state index in [9.17, 15) is 14.4 Å². The van der Waals surface area contributed by atoms with Gasteiger partial charge in [-0.15, -0.1) is 0 Å². The molecule has 2 fully saturated rings. The molecule has 0 saturated carbocycles. The number of benzene rings is 2. The molecule has 2 aromatic carbocycles. The summed E-state index contributed by atoms with van der Waals surface area (Å²) in [4.78, 5) is 45.4. The number of rotatable bonds is 4. The van der Waals surface area contributed by atoms with E-state index < -0.39 is 29.9 Å². The first kappa shape index (κ1) is 19.1. The van der Waals surface area contributed by atoms with Crippen LogP contribution in [0.15, 0.2) is 77.4 Å². The van der Waals surface area contributed by atoms with Crippen LogP contribution in [0.5, 0.6) is 0 Å². The molecule has 8 nitrogen and oxygen atoms in total. The number of fused-ring (bicyclic) bond motifs is 1. The molecular weight excluding hydrogens is 400 g/mol. The van der Waals surface area contributed by atoms with Crippen molar-refractivity contribution in [3.8, 4) is 0 Å². The summed E-state index contributed by atoms with van der Waals surface area (Å²) < 4.78 is 10.3. The molecule has 1 aromatic heterocycles. The zero-order chi connectivity index (χ0) is 21.5. The molecule has 2 saturated heterocycles. The third-order valence-electron chi connectivity index (χ3n) is 5.51. The summed E-state index contributed by atoms with van der Waals surface area (Å²) in [6.45, 7) is 0. The van der Waals surface area contributed by atoms with Gasteiger partial charge in [-0.1, -0.05) is 18.2 Å². The van der Waals surface area contributed by atoms with E-state index >= 15 is 0 Å². The van der Waals surface area contributed by atoms with E-state index in [1.54, 1.807) is 29.3 Å². The maximum Gasteiger partial charge on any atom is 0.337 e. The van der Waals surface area contributed by atoms with Crippen LogP contribution in [0.1, 0.15) is 22.2 Å². The number of esters is 1. The van der Waals surface area contributed by atoms with Gasteiger partial charge in [0.15, 0.2) is 6.10 Å². The van der Waals surface area contributed by atoms with Gasteiger partial charge in [-0.2, -0.15) is 0 Å². The molecule has 156 valence electrons. The molecule has 3 unspecified atom stereocenters. The van der Waals surface area contributed by atoms with Crippen molar-refractivity contribution in [2.24, 2.45) is 5.92 Å². The lowest BCUT2D eigenvalue weighted by Gasteiger charge is -2.27. The Morgan fingerprint density at radius 1 is 0.903 bits per heavy atom. The minimum absolute atomic E-state index is 0.325. The lowest BCUT2D eigenvalue weighted by molar-refractivity contribution is -0.126. The highest BCUT2D eigenvalue weighted by Crippen LogP contribution is 2.47. The summed E-state index contributed by atoms with van der Waals surface area (Å²) in [5.74, 6) is -1.60. The molecule has 2 aliphatic heterocycles. The smallest absolute Gasteiger partial charge is 0.337 e. The van der Waals surface area contributed by atoms with Crippen LogP contribution in [0.4, 0.5) is 11.4 Å². The van der Waals surface area contributed by atoms with Crippen LogP contribution in [0, 0.1) is 5.92 Å². The summed E-state index contributed by atoms with van der Waals surface area (Å²) in [5.41, 5.74) is 1.41. The zero-order valence-electron chi connectivity index (χ0n) is 16.5. The minimum atomic E-state index is -0.983. The van der Waals surface area contributed by atoms with Crippen molar-refractivity contribution in [1.29, 1.82) is 0 Å². The van der Waals surface area contributed by atoms with E-state index in [0.29, 0.717) is 22.7 Å². The van der Waals surface area contributed by atoms with Gasteiger partial charge in [0.05, 0.1) is 30.3 Å². The summed E-state index contributed by atoms with van der Waals surface area (Å²) in [7, 11) is 1.29. The van der Waals surface area contributed by atoms with Crippen LogP contribution in [0.2, 0.25) is 0 Å². The molecule has 2 aliphatic rings. The van der Waals surface area contributed by atoms with Crippen LogP contribution in [-0.4, -0.2) is 31.0 Å². The van der Waals surface area contributed by atoms with E-state index in [1.165, 1.54) is 25.5 Å². The second-order valence-corrected chi connectivity index (χ2v) is 7.22. The quantitative estimate of drug-likeness (QED) is 0.475. The van der Waals surface area contributed by atoms with Gasteiger partial charge in [-0.3, -0.25) is 14.4 Å². The first-order chi connectivity index (χ1) is 15.1. The van der Waals surface area contributed by atoms with E-state index in [0.717, 1.165) is 4.90 Å². The molecule has 5 rings (SSSR count). The normalized spacial score (nSPS) is 22.7. The molecule has 31 heavy (non-hydrogen) atoms. The van der Waals surface area contributed by atoms with Crippen molar-refractivity contribution < 1.29 is 28.4 Å². The van der Waals surface area contributed by atoms with E-state index in [4.69, 9.17) is 14.0 Å². The number of para-hydroxylation sites is 1. The number of hydroxylamine groups is 1. The van der Waals surface area contributed by atoms with Crippen molar-refractivity contribution in [3.63, 3.8) is 0 Å². The second-order valence-electron chi connectivity index (χ2n) is 7.22. The molecule has 0 spiro atoms. The Kier molecular flexibility index (Phi) is 4.56. The zero-order valence-corrected chi connectivity index (χ0v) is 16.5. The van der Waals surface area contributed by atoms with E-state index in [2.05, 4.69) is 0 Å². The van der Waals surface area contributed by atoms with Crippen LogP contribution in [0.3, 0.4) is 0 Å². The number of ether oxygens (including phenoxy) is 1. The van der Waals surface area contributed by atoms with Crippen molar-refractivity contribution in [2.75, 3.05) is 17.1 Å². The Morgan fingerprint density at radius 2 is 1.65 bits per heavy atom. The van der Waals surface area contributed by atoms with E-state index in [-0.39, 0.29) is 5.91 Å². The Hall–Kier alpha value is -3.91. The molecule has 8 heteroatoms. The standard InChI is InChI=1S/C23H18N2O6/c1-29-23(28)14-9-11-15(12-10-14)24-21(26)18-19(17-8-5-13-30-17)25(31-20(18)22(24)27)16-6-3-2-4-7-16/h2-13,18-20H,1H3. The average molecular weight is 418 g/mol. The fourth-order valence-electron chi connectivity index (χ4n) is 4.08. The molecule has 0 N–H and O–H groups in total. The lowest BCUT2D eigenvalue weighted by atomic mass is 9.94. The van der Waals surface area contributed by atoms with Crippen LogP contribution in [0.25, 0.3) is 0 Å². The minimum Gasteiger partial charge on any atom is -0.467 e. The summed E-state index contributed by atoms with van der Waals surface area (Å²) in [6.07, 6.45) is 0.541. The third kappa shape index (κ3) is 3.00. The molecule has 3 atom stereocenters. The summed E-state index contributed by atoms with van der Waals surface area (Å²) in [5, 5.41) is 1.57. The summed E-state index contributed by atoms with van der Waals surface area (Å²) in [6, 6.07) is 18.3. The van der Waals surface area contributed by atoms with Crippen LogP contribution in [-0.2, 0) is 19.2 Å². The largest absolute Gasteiger partial charge is 0.467 e. The van der Waals surface area contributed by atoms with Crippen molar-refractivity contribution in [3.05, 3.63) is 84.3 Å². The predicted molar refractivity (Wildman–Crippen MR) is 109 cm³/mol. The molecule has 2 amide bonds. The first-order valence-electron chi connectivity index (χ1n) is 9.71. The lowest BCUT2D eigenvalue weighted by Crippen LogP contribution is -2.37. The number of furan rings is 1. The van der Waals surface area contributed by atoms with Gasteiger partial charge in [0.25, 0.3) is 5.91 Å². The Morgan fingerprint density at radius 3 is 2.29 bits per heavy atom. The highest BCUT2D eigenvalue weighted by Gasteiger charge is 2.61. The Labute approximate surface area is 177 Å². The van der Waals surface area contributed by atoms with Gasteiger partial charge in [0.2, 0.25) is 5.91 Å². The molecule has 3 heterocycles. The van der Waals surface area contributed by atoms with Gasteiger partial charge < -0.3 is 9.15 Å². The monoisotopic (exact) mass is 418 g/mol. The Bertz CT molecular complexity index is 1130. The number of carbonyl (C=O) groups excluding carboxylic acids is 3. The van der Waals surface area contributed by atoms with Crippen molar-refractivity contribution in [2.45, 2.75) is 12.1 Å². The second kappa shape index (κ2) is 7.41. The number of hydrogen-bond acceptors (Lipinski definition) is 7. The molecule has 3 aromatic rings. The molecule has 0 bridgehead atoms. The van der Waals surface area contributed by atoms with Gasteiger partial charge in [0.1, 0.15) is 17.7 Å². The highest BCUT2D eigenvalue weighted by atomic mass is 16.7. The fraction of sp³-hybridized carbons (Fsp3) is 0.174. The van der Waals surface area contributed by atoms with Gasteiger partial charge in [-0.25, -0.2) is 14.8 Å². The molecular formula is C23H18N2O6. The van der Waals surface area contributed by atoms with Gasteiger partial charge in [0, 0.05) is 0 Å². The van der Waals surface area contributed by atoms with Gasteiger partial charge >= 0.3 is 5.97 Å². The number of nitrogens with zero attached hydrogens (tertiary/aromatic N) is 2. The number of anilines is 2. The Balaban J connectivity index is 1.51. The van der Waals surface area contributed by atoms with Crippen molar-refractivity contribution in [1.82, 2.24) is 0 Å². The molecule has 0 radical (unpaired) electrons. The van der Waals surface area contributed by atoms with Crippen LogP contribution >= 0.6 is 0 Å². The van der Waals surface area contributed by atoms with Gasteiger partial charge in [-0.05, 0) is 48.5 Å². The highest BCUT2D eigenvalue weighted by molar-refractivity contribution is 6.24. The van der Waals surface area contributed by atoms with E-state index in [1.807, 2.05) is 30.3 Å². The summed E-state index contributed by atoms with van der Waals surface area (Å²) >= 11 is 0. The topological polar surface area (TPSA) is 89.3 Å². The van der Waals surface area contributed by atoms with Crippen molar-refractivity contribution >= 4 is 29.2 Å². The maximum atomic E-state index is 13.4. The fourth-order valence-corrected chi connectivity index (χ4v) is 4.08. The SMILES string of the molecule is COC(=O)c1ccc(N2C(=O)C3ON(c4ccccc4)C(c4ccco4)C3C2=O)cc1.